The minimum Gasteiger partial charge on any atom is -0.493 e. The highest BCUT2D eigenvalue weighted by Crippen LogP contribution is 2.23. The summed E-state index contributed by atoms with van der Waals surface area (Å²) >= 11 is 0. The minimum atomic E-state index is -0.467. The summed E-state index contributed by atoms with van der Waals surface area (Å²) in [5.74, 6) is 1.59. The number of hydrogen-bond donors (Lipinski definition) is 0. The molecular formula is C18H30N2O4S. The molecule has 1 aliphatic rings. The second-order valence-corrected chi connectivity index (χ2v) is 7.23. The number of likely N-dealkylation sites (tertiary alicyclic amines) is 1. The van der Waals surface area contributed by atoms with E-state index in [1.807, 2.05) is 33.8 Å². The van der Waals surface area contributed by atoms with Gasteiger partial charge >= 0.3 is 6.09 Å². The normalized spacial score (nSPS) is 17.5. The molecule has 0 aromatic carbocycles. The molecule has 0 radical (unpaired) electrons. The van der Waals surface area contributed by atoms with Crippen molar-refractivity contribution in [2.45, 2.75) is 46.1 Å². The van der Waals surface area contributed by atoms with Crippen LogP contribution in [0.2, 0.25) is 0 Å². The van der Waals surface area contributed by atoms with Gasteiger partial charge in [-0.25, -0.2) is 9.78 Å². The zero-order chi connectivity index (χ0) is 17.7. The van der Waals surface area contributed by atoms with E-state index in [0.29, 0.717) is 24.9 Å². The summed E-state index contributed by atoms with van der Waals surface area (Å²) < 4.78 is 16.5. The molecule has 2 heterocycles. The molecule has 6 nitrogen and oxygen atoms in total. The largest absolute Gasteiger partial charge is 0.493 e. The van der Waals surface area contributed by atoms with Gasteiger partial charge in [0.15, 0.2) is 0 Å². The molecule has 0 spiro atoms. The molecule has 0 N–H and O–H groups in total. The first-order valence-electron chi connectivity index (χ1n) is 8.40. The Morgan fingerprint density at radius 2 is 2.08 bits per heavy atom. The maximum absolute atomic E-state index is 12.2. The molecule has 1 fully saturated rings. The van der Waals surface area contributed by atoms with Crippen molar-refractivity contribution in [3.05, 3.63) is 17.8 Å². The summed E-state index contributed by atoms with van der Waals surface area (Å²) in [6.45, 7) is 9.52. The number of methoxy groups -OCH3 is 1. The SMILES string of the molecule is COc1cc(OC[C@H]2CCCN(C(=O)OC(C)(C)C)C2)cc(C)n1.S. The van der Waals surface area contributed by atoms with E-state index in [1.165, 1.54) is 0 Å². The topological polar surface area (TPSA) is 60.9 Å². The predicted molar refractivity (Wildman–Crippen MR) is 102 cm³/mol. The monoisotopic (exact) mass is 370 g/mol. The Labute approximate surface area is 157 Å². The highest BCUT2D eigenvalue weighted by molar-refractivity contribution is 7.59. The van der Waals surface area contributed by atoms with Crippen molar-refractivity contribution in [2.24, 2.45) is 5.92 Å². The average molecular weight is 371 g/mol. The van der Waals surface area contributed by atoms with Crippen LogP contribution in [0.1, 0.15) is 39.3 Å². The van der Waals surface area contributed by atoms with Gasteiger partial charge < -0.3 is 19.1 Å². The van der Waals surface area contributed by atoms with Crippen LogP contribution in [0, 0.1) is 12.8 Å². The lowest BCUT2D eigenvalue weighted by Crippen LogP contribution is -2.44. The second-order valence-electron chi connectivity index (χ2n) is 7.23. The highest BCUT2D eigenvalue weighted by Gasteiger charge is 2.27. The van der Waals surface area contributed by atoms with Crippen LogP contribution in [0.15, 0.2) is 12.1 Å². The molecule has 0 unspecified atom stereocenters. The number of carbonyl (C=O) groups excluding carboxylic acids is 1. The molecule has 7 heteroatoms. The third kappa shape index (κ3) is 7.02. The van der Waals surface area contributed by atoms with Gasteiger partial charge in [-0.2, -0.15) is 13.5 Å². The third-order valence-corrected chi connectivity index (χ3v) is 3.77. The van der Waals surface area contributed by atoms with Gasteiger partial charge in [0.1, 0.15) is 11.4 Å². The van der Waals surface area contributed by atoms with E-state index in [1.54, 1.807) is 18.1 Å². The van der Waals surface area contributed by atoms with Crippen molar-refractivity contribution in [3.8, 4) is 11.6 Å². The first-order chi connectivity index (χ1) is 11.3. The molecule has 1 amide bonds. The molecule has 1 aromatic rings. The highest BCUT2D eigenvalue weighted by atomic mass is 32.1. The van der Waals surface area contributed by atoms with E-state index in [9.17, 15) is 4.79 Å². The number of aromatic nitrogens is 1. The van der Waals surface area contributed by atoms with Crippen LogP contribution >= 0.6 is 13.5 Å². The molecule has 1 aromatic heterocycles. The standard InChI is InChI=1S/C18H28N2O4.H2S/c1-13-9-15(10-16(19-13)22-5)23-12-14-7-6-8-20(11-14)17(21)24-18(2,3)4;/h9-10,14H,6-8,11-12H2,1-5H3;1H2/t14-;/m0./s1. The lowest BCUT2D eigenvalue weighted by molar-refractivity contribution is 0.0139. The van der Waals surface area contributed by atoms with E-state index < -0.39 is 5.60 Å². The number of ether oxygens (including phenoxy) is 3. The van der Waals surface area contributed by atoms with Crippen LogP contribution < -0.4 is 9.47 Å². The van der Waals surface area contributed by atoms with Gasteiger partial charge in [-0.05, 0) is 40.5 Å². The first kappa shape index (κ1) is 21.4. The van der Waals surface area contributed by atoms with E-state index in [0.717, 1.165) is 30.8 Å². The molecular weight excluding hydrogens is 340 g/mol. The Kier molecular flexibility index (Phi) is 7.86. The third-order valence-electron chi connectivity index (χ3n) is 3.77. The number of nitrogens with zero attached hydrogens (tertiary/aromatic N) is 2. The molecule has 25 heavy (non-hydrogen) atoms. The van der Waals surface area contributed by atoms with Gasteiger partial charge in [0.05, 0.1) is 13.7 Å². The van der Waals surface area contributed by atoms with Crippen LogP contribution in [-0.2, 0) is 4.74 Å². The maximum atomic E-state index is 12.2. The van der Waals surface area contributed by atoms with Gasteiger partial charge in [-0.1, -0.05) is 0 Å². The first-order valence-corrected chi connectivity index (χ1v) is 8.40. The van der Waals surface area contributed by atoms with E-state index in [4.69, 9.17) is 14.2 Å². The van der Waals surface area contributed by atoms with Crippen molar-refractivity contribution in [2.75, 3.05) is 26.8 Å². The zero-order valence-corrected chi connectivity index (χ0v) is 16.8. The fraction of sp³-hybridized carbons (Fsp3) is 0.667. The maximum Gasteiger partial charge on any atom is 0.410 e. The molecule has 142 valence electrons. The minimum absolute atomic E-state index is 0. The fourth-order valence-electron chi connectivity index (χ4n) is 2.70. The van der Waals surface area contributed by atoms with Crippen molar-refractivity contribution >= 4 is 19.6 Å². The Bertz CT molecular complexity index is 575. The smallest absolute Gasteiger partial charge is 0.410 e. The van der Waals surface area contributed by atoms with Crippen LogP contribution in [0.4, 0.5) is 4.79 Å². The van der Waals surface area contributed by atoms with Crippen LogP contribution in [0.5, 0.6) is 11.6 Å². The number of carbonyl (C=O) groups is 1. The molecule has 1 saturated heterocycles. The van der Waals surface area contributed by atoms with Crippen LogP contribution in [0.25, 0.3) is 0 Å². The molecule has 1 aliphatic heterocycles. The van der Waals surface area contributed by atoms with E-state index in [-0.39, 0.29) is 19.6 Å². The molecule has 0 bridgehead atoms. The number of hydrogen-bond acceptors (Lipinski definition) is 5. The van der Waals surface area contributed by atoms with E-state index >= 15 is 0 Å². The number of amides is 1. The average Bonchev–Trinajstić information content (AvgIpc) is 2.51. The fourth-order valence-corrected chi connectivity index (χ4v) is 2.70. The molecule has 0 saturated carbocycles. The Balaban J connectivity index is 0.00000312. The summed E-state index contributed by atoms with van der Waals surface area (Å²) in [6, 6.07) is 3.67. The summed E-state index contributed by atoms with van der Waals surface area (Å²) in [5, 5.41) is 0. The van der Waals surface area contributed by atoms with Crippen molar-refractivity contribution in [1.82, 2.24) is 9.88 Å². The van der Waals surface area contributed by atoms with Gasteiger partial charge in [-0.3, -0.25) is 0 Å². The number of aryl methyl sites for hydroxylation is 1. The number of piperidine rings is 1. The number of pyridine rings is 1. The Hall–Kier alpha value is -1.63. The quantitative estimate of drug-likeness (QED) is 0.811. The van der Waals surface area contributed by atoms with Gasteiger partial charge in [0.25, 0.3) is 0 Å². The molecule has 1 atom stereocenters. The van der Waals surface area contributed by atoms with Crippen molar-refractivity contribution in [1.29, 1.82) is 0 Å². The predicted octanol–water partition coefficient (Wildman–Crippen LogP) is 3.54. The van der Waals surface area contributed by atoms with Crippen molar-refractivity contribution < 1.29 is 19.0 Å². The lowest BCUT2D eigenvalue weighted by Gasteiger charge is -2.34. The molecule has 2 rings (SSSR count). The Morgan fingerprint density at radius 1 is 1.36 bits per heavy atom. The second kappa shape index (κ2) is 9.17. The summed E-state index contributed by atoms with van der Waals surface area (Å²) in [6.07, 6.45) is 1.76. The van der Waals surface area contributed by atoms with Gasteiger partial charge in [0.2, 0.25) is 5.88 Å². The Morgan fingerprint density at radius 3 is 2.72 bits per heavy atom. The zero-order valence-electron chi connectivity index (χ0n) is 15.8. The van der Waals surface area contributed by atoms with Crippen molar-refractivity contribution in [3.63, 3.8) is 0 Å². The van der Waals surface area contributed by atoms with Crippen LogP contribution in [-0.4, -0.2) is 48.4 Å². The summed E-state index contributed by atoms with van der Waals surface area (Å²) in [4.78, 5) is 18.2. The number of rotatable bonds is 4. The van der Waals surface area contributed by atoms with Gasteiger partial charge in [-0.15, -0.1) is 0 Å². The van der Waals surface area contributed by atoms with E-state index in [2.05, 4.69) is 4.98 Å². The van der Waals surface area contributed by atoms with Gasteiger partial charge in [0, 0.05) is 36.8 Å². The molecule has 0 aliphatic carbocycles. The lowest BCUT2D eigenvalue weighted by atomic mass is 9.99. The summed E-state index contributed by atoms with van der Waals surface area (Å²) in [7, 11) is 1.59. The summed E-state index contributed by atoms with van der Waals surface area (Å²) in [5.41, 5.74) is 0.384. The van der Waals surface area contributed by atoms with Crippen LogP contribution in [0.3, 0.4) is 0 Å².